The molecule has 21 heteroatoms. The summed E-state index contributed by atoms with van der Waals surface area (Å²) in [7, 11) is 6.21. The number of thiazole rings is 3. The first-order valence-corrected chi connectivity index (χ1v) is 45.5. The summed E-state index contributed by atoms with van der Waals surface area (Å²) in [5.74, 6) is 7.20. The maximum absolute atomic E-state index is 14.1. The lowest BCUT2D eigenvalue weighted by Crippen LogP contribution is -2.50. The number of benzene rings is 3. The van der Waals surface area contributed by atoms with Gasteiger partial charge in [0.05, 0.1) is 6.61 Å². The van der Waals surface area contributed by atoms with E-state index >= 15 is 0 Å². The van der Waals surface area contributed by atoms with Gasteiger partial charge in [-0.25, -0.2) is 15.0 Å². The Balaban J connectivity index is 0.507. The second-order valence-electron chi connectivity index (χ2n) is 38.0. The van der Waals surface area contributed by atoms with Crippen molar-refractivity contribution in [3.8, 4) is 17.2 Å². The number of carbonyl (C=O) groups excluding carboxylic acids is 3. The van der Waals surface area contributed by atoms with Crippen LogP contribution in [0.2, 0.25) is 0 Å². The minimum absolute atomic E-state index is 0.0497. The molecule has 0 saturated heterocycles. The van der Waals surface area contributed by atoms with Crippen molar-refractivity contribution in [3.05, 3.63) is 121 Å². The number of carbonyl (C=O) groups is 3. The highest BCUT2D eigenvalue weighted by Crippen LogP contribution is 2.67. The molecule has 9 aliphatic carbocycles. The first-order valence-electron chi connectivity index (χ1n) is 43.1. The van der Waals surface area contributed by atoms with Gasteiger partial charge >= 0.3 is 0 Å². The average Bonchev–Trinajstić information content (AvgIpc) is 1.53. The zero-order chi connectivity index (χ0) is 78.4. The van der Waals surface area contributed by atoms with Crippen molar-refractivity contribution in [1.29, 1.82) is 0 Å². The third-order valence-electron chi connectivity index (χ3n) is 30.3. The molecule has 18 nitrogen and oxygen atoms in total. The molecule has 6 fully saturated rings. The number of aromatic hydroxyl groups is 3. The number of fused-ring (bicyclic) bond motifs is 15. The first kappa shape index (κ1) is 81.3. The Morgan fingerprint density at radius 1 is 0.527 bits per heavy atom. The Bertz CT molecular complexity index is 4290. The van der Waals surface area contributed by atoms with E-state index in [9.17, 15) is 29.7 Å². The van der Waals surface area contributed by atoms with Crippen LogP contribution in [0.4, 0.5) is 15.4 Å². The quantitative estimate of drug-likeness (QED) is 0.0184. The summed E-state index contributed by atoms with van der Waals surface area (Å²) in [5.41, 5.74) is 9.55. The molecule has 0 bridgehead atoms. The summed E-state index contributed by atoms with van der Waals surface area (Å²) in [6.45, 7) is 23.3. The van der Waals surface area contributed by atoms with Crippen molar-refractivity contribution in [2.75, 3.05) is 89.6 Å². The maximum Gasteiger partial charge on any atom is 0.226 e. The van der Waals surface area contributed by atoms with Gasteiger partial charge in [-0.05, 0) is 331 Å². The number of likely N-dealkylation sites (N-methyl/N-ethyl adjacent to an activating group) is 2. The highest BCUT2D eigenvalue weighted by atomic mass is 32.1. The highest BCUT2D eigenvalue weighted by Gasteiger charge is 2.62. The van der Waals surface area contributed by atoms with Crippen LogP contribution < -0.4 is 31.9 Å². The Kier molecular flexibility index (Phi) is 24.9. The molecule has 3 aromatic heterocycles. The largest absolute Gasteiger partial charge is 0.508 e. The van der Waals surface area contributed by atoms with Gasteiger partial charge in [-0.1, -0.05) is 59.7 Å². The van der Waals surface area contributed by atoms with Crippen LogP contribution in [-0.4, -0.2) is 150 Å². The number of nitrogens with zero attached hydrogens (tertiary/aromatic N) is 5. The SMILES string of the molecule is COCCNC1CC(CCC(=O)Nc2ncc(CCN(C)CCCNC3CC(CCC(=O)Nc4ncc(CCN(C)CCNC5CC(CCC(=O)Nc6ncc(C)s6)C6C7CCc8cc(O)ccc8C7CCC56C)s4)C4C5CCc6cc(O)ccc6C5CCC34C)s2)C2C3CCc4cc(O)c(C(C)(C)C)cc4C3CCC12C. The molecule has 3 aromatic carbocycles. The second kappa shape index (κ2) is 34.4. The molecule has 608 valence electrons. The summed E-state index contributed by atoms with van der Waals surface area (Å²) in [6.07, 6.45) is 29.0. The molecule has 9 N–H and O–H groups in total. The molecule has 6 saturated carbocycles. The van der Waals surface area contributed by atoms with Crippen LogP contribution in [0.1, 0.15) is 235 Å². The van der Waals surface area contributed by atoms with Crippen molar-refractivity contribution in [1.82, 2.24) is 40.7 Å². The fourth-order valence-electron chi connectivity index (χ4n) is 25.1. The Morgan fingerprint density at radius 2 is 0.946 bits per heavy atom. The van der Waals surface area contributed by atoms with Crippen LogP contribution in [0.3, 0.4) is 0 Å². The third-order valence-corrected chi connectivity index (χ3v) is 33.1. The van der Waals surface area contributed by atoms with E-state index in [2.05, 4.69) is 127 Å². The van der Waals surface area contributed by atoms with Crippen LogP contribution in [0.15, 0.2) is 67.1 Å². The molecule has 18 unspecified atom stereocenters. The molecule has 9 aliphatic rings. The van der Waals surface area contributed by atoms with Crippen molar-refractivity contribution >= 4 is 67.1 Å². The number of aryl methyl sites for hydroxylation is 4. The second-order valence-corrected chi connectivity index (χ2v) is 41.4. The van der Waals surface area contributed by atoms with Crippen LogP contribution in [0, 0.1) is 76.4 Å². The van der Waals surface area contributed by atoms with Crippen molar-refractivity contribution in [2.45, 2.75) is 244 Å². The molecule has 0 spiro atoms. The topological polar surface area (TPSA) is 238 Å². The first-order chi connectivity index (χ1) is 53.8. The highest BCUT2D eigenvalue weighted by molar-refractivity contribution is 7.16. The lowest BCUT2D eigenvalue weighted by Gasteiger charge is -2.52. The monoisotopic (exact) mass is 1580 g/mol. The molecular weight excluding hydrogens is 1460 g/mol. The van der Waals surface area contributed by atoms with Gasteiger partial charge in [-0.15, -0.1) is 34.0 Å². The molecule has 112 heavy (non-hydrogen) atoms. The number of methoxy groups -OCH3 is 1. The van der Waals surface area contributed by atoms with E-state index in [4.69, 9.17) is 14.7 Å². The van der Waals surface area contributed by atoms with E-state index < -0.39 is 0 Å². The number of rotatable bonds is 31. The van der Waals surface area contributed by atoms with Crippen LogP contribution >= 0.6 is 34.0 Å². The third kappa shape index (κ3) is 17.3. The lowest BCUT2D eigenvalue weighted by molar-refractivity contribution is -0.117. The Labute approximate surface area is 678 Å². The minimum Gasteiger partial charge on any atom is -0.508 e. The predicted molar refractivity (Wildman–Crippen MR) is 452 cm³/mol. The van der Waals surface area contributed by atoms with Crippen molar-refractivity contribution < 1.29 is 34.4 Å². The van der Waals surface area contributed by atoms with Gasteiger partial charge in [0.1, 0.15) is 17.2 Å². The Hall–Kier alpha value is -5.88. The molecule has 15 rings (SSSR count). The van der Waals surface area contributed by atoms with Gasteiger partial charge in [0.25, 0.3) is 0 Å². The number of phenols is 3. The number of aromatic nitrogens is 3. The van der Waals surface area contributed by atoms with E-state index in [1.54, 1.807) is 29.8 Å². The van der Waals surface area contributed by atoms with Crippen LogP contribution in [-0.2, 0) is 56.6 Å². The summed E-state index contributed by atoms with van der Waals surface area (Å²) in [4.78, 5) is 63.6. The van der Waals surface area contributed by atoms with Gasteiger partial charge in [0.15, 0.2) is 15.4 Å². The number of nitrogens with one attached hydrogen (secondary N) is 6. The molecule has 0 radical (unpaired) electrons. The summed E-state index contributed by atoms with van der Waals surface area (Å²) in [6, 6.07) is 17.7. The fourth-order valence-corrected chi connectivity index (χ4v) is 27.5. The smallest absolute Gasteiger partial charge is 0.226 e. The fraction of sp³-hybridized carbons (Fsp3) is 0.670. The molecular formula is C91H129N11O7S3. The molecule has 3 heterocycles. The summed E-state index contributed by atoms with van der Waals surface area (Å²) >= 11 is 4.74. The van der Waals surface area contributed by atoms with E-state index in [0.717, 1.165) is 191 Å². The van der Waals surface area contributed by atoms with Crippen molar-refractivity contribution in [2.24, 2.45) is 69.5 Å². The predicted octanol–water partition coefficient (Wildman–Crippen LogP) is 16.5. The van der Waals surface area contributed by atoms with Crippen LogP contribution in [0.5, 0.6) is 17.2 Å². The van der Waals surface area contributed by atoms with Gasteiger partial charge in [-0.2, -0.15) is 0 Å². The van der Waals surface area contributed by atoms with E-state index in [0.29, 0.717) is 148 Å². The summed E-state index contributed by atoms with van der Waals surface area (Å²) in [5, 5.41) is 55.9. The van der Waals surface area contributed by atoms with Crippen LogP contribution in [0.25, 0.3) is 0 Å². The maximum atomic E-state index is 14.1. The van der Waals surface area contributed by atoms with Gasteiger partial charge in [-0.3, -0.25) is 14.4 Å². The van der Waals surface area contributed by atoms with Gasteiger partial charge in [0, 0.05) is 110 Å². The summed E-state index contributed by atoms with van der Waals surface area (Å²) < 4.78 is 5.51. The number of hydrogen-bond donors (Lipinski definition) is 9. The lowest BCUT2D eigenvalue weighted by atomic mass is 9.53. The standard InChI is InChI=1S/C91H129N11O7S3/c1-54-51-95-85(110-54)98-79(106)25-15-59-48-77(90(6)34-29-68-66-24-19-62(104)45-56(66)13-21-71(68)83(59)90)93-37-42-102(9)41-32-64-53-97-87(112-64)100-80(107)26-16-58-47-76(89(5)33-28-67-65-23-18-61(103)44-55(65)12-20-70(67)82(58)89)92-36-11-39-101(8)40-31-63-52-96-86(111-63)99-81(108)27-17-60-49-78(94-38-43-109-10)91(7)35-30-69-72(84(60)91)22-14-57-46-75(105)74(50-73(57)69)88(2,3)4/h18-19,23-24,44-46,50-53,58-60,67-72,76-78,82-84,92-94,103-105H,11-17,20-22,25-43,47-49H2,1-10H3,(H,95,98,106)(H,96,99,108)(H,97,100,107). The number of anilines is 3. The van der Waals surface area contributed by atoms with Gasteiger partial charge in [0.2, 0.25) is 17.7 Å². The number of amides is 3. The molecule has 3 amide bonds. The van der Waals surface area contributed by atoms with Gasteiger partial charge < -0.3 is 61.8 Å². The number of phenolic OH excluding ortho intramolecular Hbond substituents is 3. The zero-order valence-corrected chi connectivity index (χ0v) is 71.0. The van der Waals surface area contributed by atoms with E-state index in [-0.39, 0.29) is 39.4 Å². The number of ether oxygens (including phenoxy) is 1. The van der Waals surface area contributed by atoms with E-state index in [1.807, 2.05) is 49.8 Å². The zero-order valence-electron chi connectivity index (χ0n) is 68.6. The number of hydrogen-bond acceptors (Lipinski definition) is 18. The minimum atomic E-state index is -0.140. The normalized spacial score (nSPS) is 30.8. The Morgan fingerprint density at radius 3 is 1.39 bits per heavy atom. The molecule has 0 aliphatic heterocycles. The molecule has 18 atom stereocenters. The van der Waals surface area contributed by atoms with Crippen molar-refractivity contribution in [3.63, 3.8) is 0 Å². The van der Waals surface area contributed by atoms with E-state index in [1.165, 1.54) is 54.5 Å². The average molecular weight is 1590 g/mol. The molecule has 6 aromatic rings.